The number of rotatable bonds is 2. The van der Waals surface area contributed by atoms with Gasteiger partial charge in [0.25, 0.3) is 5.91 Å². The van der Waals surface area contributed by atoms with Gasteiger partial charge in [0.15, 0.2) is 0 Å². The van der Waals surface area contributed by atoms with Crippen LogP contribution in [0.25, 0.3) is 0 Å². The molecule has 0 heterocycles. The van der Waals surface area contributed by atoms with E-state index in [0.717, 1.165) is 5.56 Å². The van der Waals surface area contributed by atoms with Gasteiger partial charge >= 0.3 is 0 Å². The maximum Gasteiger partial charge on any atom is 0.258 e. The third-order valence-corrected chi connectivity index (χ3v) is 2.68. The normalized spacial score (nSPS) is 10.2. The lowest BCUT2D eigenvalue weighted by Gasteiger charge is -2.07. The van der Waals surface area contributed by atoms with Crippen LogP contribution in [0.15, 0.2) is 42.5 Å². The largest absolute Gasteiger partial charge is 0.322 e. The van der Waals surface area contributed by atoms with Gasteiger partial charge in [-0.2, -0.15) is 0 Å². The molecule has 0 aliphatic carbocycles. The predicted molar refractivity (Wildman–Crippen MR) is 70.5 cm³/mol. The second kappa shape index (κ2) is 5.19. The average molecular weight is 264 g/mol. The minimum atomic E-state index is -0.593. The number of carbonyl (C=O) groups excluding carboxylic acids is 1. The molecular formula is C14H11ClFNO. The van der Waals surface area contributed by atoms with Crippen molar-refractivity contribution in [1.29, 1.82) is 0 Å². The van der Waals surface area contributed by atoms with Gasteiger partial charge in [-0.1, -0.05) is 23.7 Å². The van der Waals surface area contributed by atoms with Crippen molar-refractivity contribution in [2.75, 3.05) is 5.32 Å². The molecule has 2 aromatic rings. The lowest BCUT2D eigenvalue weighted by molar-refractivity contribution is 0.102. The SMILES string of the molecule is Cc1cccc(NC(=O)c2cc(Cl)ccc2F)c1. The van der Waals surface area contributed by atoms with E-state index in [1.165, 1.54) is 18.2 Å². The highest BCUT2D eigenvalue weighted by Crippen LogP contribution is 2.17. The number of halogens is 2. The average Bonchev–Trinajstić information content (AvgIpc) is 2.32. The van der Waals surface area contributed by atoms with Crippen molar-refractivity contribution in [3.63, 3.8) is 0 Å². The van der Waals surface area contributed by atoms with E-state index in [2.05, 4.69) is 5.32 Å². The second-order valence-corrected chi connectivity index (χ2v) is 4.38. The van der Waals surface area contributed by atoms with Crippen molar-refractivity contribution in [1.82, 2.24) is 0 Å². The predicted octanol–water partition coefficient (Wildman–Crippen LogP) is 4.04. The standard InChI is InChI=1S/C14H11ClFNO/c1-9-3-2-4-11(7-9)17-14(18)12-8-10(15)5-6-13(12)16/h2-8H,1H3,(H,17,18). The molecule has 0 bridgehead atoms. The van der Waals surface area contributed by atoms with Gasteiger partial charge in [-0.25, -0.2) is 4.39 Å². The highest BCUT2D eigenvalue weighted by Gasteiger charge is 2.12. The molecule has 2 nitrogen and oxygen atoms in total. The number of nitrogens with one attached hydrogen (secondary N) is 1. The Morgan fingerprint density at radius 2 is 2.00 bits per heavy atom. The summed E-state index contributed by atoms with van der Waals surface area (Å²) in [6.07, 6.45) is 0. The molecule has 0 radical (unpaired) electrons. The van der Waals surface area contributed by atoms with E-state index < -0.39 is 11.7 Å². The number of carbonyl (C=O) groups is 1. The Hall–Kier alpha value is -1.87. The third-order valence-electron chi connectivity index (χ3n) is 2.45. The number of benzene rings is 2. The van der Waals surface area contributed by atoms with Crippen LogP contribution in [-0.4, -0.2) is 5.91 Å². The highest BCUT2D eigenvalue weighted by atomic mass is 35.5. The molecule has 18 heavy (non-hydrogen) atoms. The van der Waals surface area contributed by atoms with Crippen LogP contribution in [0.1, 0.15) is 15.9 Å². The molecule has 0 atom stereocenters. The first-order chi connectivity index (χ1) is 8.56. The fourth-order valence-corrected chi connectivity index (χ4v) is 1.76. The minimum Gasteiger partial charge on any atom is -0.322 e. The van der Waals surface area contributed by atoms with E-state index >= 15 is 0 Å². The van der Waals surface area contributed by atoms with E-state index in [9.17, 15) is 9.18 Å². The van der Waals surface area contributed by atoms with Gasteiger partial charge in [-0.05, 0) is 42.8 Å². The van der Waals surface area contributed by atoms with Crippen LogP contribution in [0, 0.1) is 12.7 Å². The first kappa shape index (κ1) is 12.6. The fraction of sp³-hybridized carbons (Fsp3) is 0.0714. The smallest absolute Gasteiger partial charge is 0.258 e. The summed E-state index contributed by atoms with van der Waals surface area (Å²) in [5.41, 5.74) is 1.57. The van der Waals surface area contributed by atoms with Gasteiger partial charge in [0.1, 0.15) is 5.82 Å². The summed E-state index contributed by atoms with van der Waals surface area (Å²) >= 11 is 5.74. The first-order valence-corrected chi connectivity index (χ1v) is 5.77. The van der Waals surface area contributed by atoms with Gasteiger partial charge in [0.05, 0.1) is 5.56 Å². The van der Waals surface area contributed by atoms with Gasteiger partial charge in [0, 0.05) is 10.7 Å². The van der Waals surface area contributed by atoms with Crippen molar-refractivity contribution in [2.45, 2.75) is 6.92 Å². The lowest BCUT2D eigenvalue weighted by Crippen LogP contribution is -2.13. The zero-order chi connectivity index (χ0) is 13.1. The molecule has 0 saturated carbocycles. The van der Waals surface area contributed by atoms with E-state index in [0.29, 0.717) is 10.7 Å². The van der Waals surface area contributed by atoms with Crippen molar-refractivity contribution < 1.29 is 9.18 Å². The zero-order valence-corrected chi connectivity index (χ0v) is 10.5. The number of anilines is 1. The Morgan fingerprint density at radius 1 is 1.22 bits per heavy atom. The van der Waals surface area contributed by atoms with Crippen molar-refractivity contribution >= 4 is 23.2 Å². The number of hydrogen-bond donors (Lipinski definition) is 1. The van der Waals surface area contributed by atoms with Crippen LogP contribution >= 0.6 is 11.6 Å². The molecule has 0 unspecified atom stereocenters. The summed E-state index contributed by atoms with van der Waals surface area (Å²) in [5.74, 6) is -1.11. The summed E-state index contributed by atoms with van der Waals surface area (Å²) in [5, 5.41) is 2.95. The molecule has 0 aliphatic heterocycles. The van der Waals surface area contributed by atoms with Crippen LogP contribution in [0.2, 0.25) is 5.02 Å². The molecule has 4 heteroatoms. The Morgan fingerprint density at radius 3 is 2.72 bits per heavy atom. The van der Waals surface area contributed by atoms with Gasteiger partial charge in [0.2, 0.25) is 0 Å². The quantitative estimate of drug-likeness (QED) is 0.870. The van der Waals surface area contributed by atoms with Gasteiger partial charge < -0.3 is 5.32 Å². The molecule has 0 aliphatic rings. The number of aryl methyl sites for hydroxylation is 1. The topological polar surface area (TPSA) is 29.1 Å². The summed E-state index contributed by atoms with van der Waals surface area (Å²) in [7, 11) is 0. The molecule has 0 fully saturated rings. The Kier molecular flexibility index (Phi) is 3.63. The summed E-state index contributed by atoms with van der Waals surface area (Å²) < 4.78 is 13.5. The van der Waals surface area contributed by atoms with E-state index in [1.54, 1.807) is 12.1 Å². The molecule has 0 saturated heterocycles. The van der Waals surface area contributed by atoms with Crippen LogP contribution in [0.3, 0.4) is 0 Å². The lowest BCUT2D eigenvalue weighted by atomic mass is 10.2. The van der Waals surface area contributed by atoms with E-state index in [-0.39, 0.29) is 5.56 Å². The molecule has 2 aromatic carbocycles. The van der Waals surface area contributed by atoms with Gasteiger partial charge in [-0.3, -0.25) is 4.79 Å². The summed E-state index contributed by atoms with van der Waals surface area (Å²) in [4.78, 5) is 11.9. The first-order valence-electron chi connectivity index (χ1n) is 5.39. The van der Waals surface area contributed by atoms with Crippen molar-refractivity contribution in [3.8, 4) is 0 Å². The summed E-state index contributed by atoms with van der Waals surface area (Å²) in [6.45, 7) is 1.91. The number of hydrogen-bond acceptors (Lipinski definition) is 1. The second-order valence-electron chi connectivity index (χ2n) is 3.95. The monoisotopic (exact) mass is 263 g/mol. The molecule has 2 rings (SSSR count). The van der Waals surface area contributed by atoms with E-state index in [1.807, 2.05) is 19.1 Å². The molecule has 1 amide bonds. The summed E-state index contributed by atoms with van der Waals surface area (Å²) in [6, 6.07) is 11.2. The maximum absolute atomic E-state index is 13.5. The molecule has 0 aromatic heterocycles. The number of amides is 1. The fourth-order valence-electron chi connectivity index (χ4n) is 1.59. The van der Waals surface area contributed by atoms with Crippen LogP contribution in [0.5, 0.6) is 0 Å². The molecule has 92 valence electrons. The Balaban J connectivity index is 2.24. The highest BCUT2D eigenvalue weighted by molar-refractivity contribution is 6.31. The van der Waals surface area contributed by atoms with Crippen LogP contribution in [0.4, 0.5) is 10.1 Å². The van der Waals surface area contributed by atoms with E-state index in [4.69, 9.17) is 11.6 Å². The van der Waals surface area contributed by atoms with Gasteiger partial charge in [-0.15, -0.1) is 0 Å². The zero-order valence-electron chi connectivity index (χ0n) is 9.71. The Bertz CT molecular complexity index is 598. The van der Waals surface area contributed by atoms with Crippen LogP contribution in [-0.2, 0) is 0 Å². The maximum atomic E-state index is 13.5. The molecule has 0 spiro atoms. The molecular weight excluding hydrogens is 253 g/mol. The molecule has 1 N–H and O–H groups in total. The van der Waals surface area contributed by atoms with Crippen LogP contribution < -0.4 is 5.32 Å². The Labute approximate surface area is 109 Å². The minimum absolute atomic E-state index is 0.0657. The van der Waals surface area contributed by atoms with Crippen molar-refractivity contribution in [3.05, 3.63) is 64.4 Å². The third kappa shape index (κ3) is 2.87. The van der Waals surface area contributed by atoms with Crippen molar-refractivity contribution in [2.24, 2.45) is 0 Å².